The number of methoxy groups -OCH3 is 1. The minimum atomic E-state index is -3.56. The fourth-order valence-electron chi connectivity index (χ4n) is 3.08. The minimum absolute atomic E-state index is 0.245. The van der Waals surface area contributed by atoms with Crippen LogP contribution in [0.1, 0.15) is 32.6 Å². The summed E-state index contributed by atoms with van der Waals surface area (Å²) in [6.07, 6.45) is 3.72. The van der Waals surface area contributed by atoms with Gasteiger partial charge in [0.1, 0.15) is 5.75 Å². The topological polar surface area (TPSA) is 81.4 Å². The molecule has 0 bridgehead atoms. The van der Waals surface area contributed by atoms with E-state index in [1.165, 1.54) is 0 Å². The van der Waals surface area contributed by atoms with E-state index in [9.17, 15) is 8.42 Å². The van der Waals surface area contributed by atoms with Crippen molar-refractivity contribution in [1.82, 2.24) is 4.72 Å². The smallest absolute Gasteiger partial charge is 0.241 e. The fourth-order valence-corrected chi connectivity index (χ4v) is 4.53. The largest absolute Gasteiger partial charge is 0.497 e. The Labute approximate surface area is 126 Å². The predicted octanol–water partition coefficient (Wildman–Crippen LogP) is 1.88. The number of rotatable bonds is 5. The Morgan fingerprint density at radius 3 is 2.57 bits per heavy atom. The maximum Gasteiger partial charge on any atom is 0.241 e. The van der Waals surface area contributed by atoms with Crippen molar-refractivity contribution in [2.75, 3.05) is 13.7 Å². The molecule has 0 heterocycles. The van der Waals surface area contributed by atoms with Crippen LogP contribution in [0.4, 0.5) is 0 Å². The molecule has 1 aromatic carbocycles. The molecule has 6 heteroatoms. The van der Waals surface area contributed by atoms with Crippen LogP contribution in [0, 0.1) is 5.92 Å². The highest BCUT2D eigenvalue weighted by molar-refractivity contribution is 7.89. The van der Waals surface area contributed by atoms with E-state index >= 15 is 0 Å². The molecule has 1 aromatic rings. The molecule has 0 amide bonds. The summed E-state index contributed by atoms with van der Waals surface area (Å²) in [6, 6.07) is 6.40. The van der Waals surface area contributed by atoms with Crippen LogP contribution < -0.4 is 15.2 Å². The Kier molecular flexibility index (Phi) is 4.91. The molecular formula is C15H24N2O3S. The van der Waals surface area contributed by atoms with Gasteiger partial charge in [-0.15, -0.1) is 0 Å². The van der Waals surface area contributed by atoms with Gasteiger partial charge in [0.05, 0.1) is 12.0 Å². The summed E-state index contributed by atoms with van der Waals surface area (Å²) in [4.78, 5) is 0.245. The van der Waals surface area contributed by atoms with Crippen molar-refractivity contribution in [2.24, 2.45) is 11.7 Å². The van der Waals surface area contributed by atoms with Crippen LogP contribution in [-0.2, 0) is 10.0 Å². The second-order valence-electron chi connectivity index (χ2n) is 5.97. The Hall–Kier alpha value is -1.11. The first kappa shape index (κ1) is 16.3. The summed E-state index contributed by atoms with van der Waals surface area (Å²) in [7, 11) is -2.01. The molecule has 118 valence electrons. The Bertz CT molecular complexity index is 571. The Morgan fingerprint density at radius 1 is 1.38 bits per heavy atom. The van der Waals surface area contributed by atoms with Gasteiger partial charge < -0.3 is 10.5 Å². The van der Waals surface area contributed by atoms with Gasteiger partial charge in [0, 0.05) is 12.1 Å². The lowest BCUT2D eigenvalue weighted by atomic mass is 9.77. The monoisotopic (exact) mass is 312 g/mol. The van der Waals surface area contributed by atoms with Gasteiger partial charge in [0.25, 0.3) is 0 Å². The van der Waals surface area contributed by atoms with Crippen molar-refractivity contribution in [3.05, 3.63) is 24.3 Å². The molecule has 2 rings (SSSR count). The van der Waals surface area contributed by atoms with Crippen molar-refractivity contribution in [3.63, 3.8) is 0 Å². The van der Waals surface area contributed by atoms with Gasteiger partial charge in [-0.25, -0.2) is 13.1 Å². The highest BCUT2D eigenvalue weighted by Crippen LogP contribution is 2.33. The van der Waals surface area contributed by atoms with Gasteiger partial charge in [-0.05, 0) is 43.0 Å². The molecular weight excluding hydrogens is 288 g/mol. The fraction of sp³-hybridized carbons (Fsp3) is 0.600. The van der Waals surface area contributed by atoms with E-state index in [1.54, 1.807) is 31.4 Å². The van der Waals surface area contributed by atoms with Crippen LogP contribution in [0.5, 0.6) is 5.75 Å². The highest BCUT2D eigenvalue weighted by Gasteiger charge is 2.37. The number of sulfonamides is 1. The van der Waals surface area contributed by atoms with Crippen LogP contribution >= 0.6 is 0 Å². The molecule has 3 N–H and O–H groups in total. The third kappa shape index (κ3) is 3.75. The number of ether oxygens (including phenoxy) is 1. The molecule has 0 aromatic heterocycles. The number of hydrogen-bond acceptors (Lipinski definition) is 4. The van der Waals surface area contributed by atoms with Gasteiger partial charge in [0.2, 0.25) is 10.0 Å². The standard InChI is InChI=1S/C15H24N2O3S/c1-12-4-3-9-15(10-12,11-16)17-21(18,19)14-7-5-13(20-2)6-8-14/h5-8,12,17H,3-4,9-11,16H2,1-2H3. The first-order chi connectivity index (χ1) is 9.91. The zero-order chi connectivity index (χ0) is 15.5. The van der Waals surface area contributed by atoms with Crippen molar-refractivity contribution >= 4 is 10.0 Å². The zero-order valence-corrected chi connectivity index (χ0v) is 13.4. The van der Waals surface area contributed by atoms with E-state index in [-0.39, 0.29) is 4.90 Å². The van der Waals surface area contributed by atoms with Crippen LogP contribution in [0.3, 0.4) is 0 Å². The number of nitrogens with one attached hydrogen (secondary N) is 1. The Morgan fingerprint density at radius 2 is 2.05 bits per heavy atom. The van der Waals surface area contributed by atoms with E-state index in [4.69, 9.17) is 10.5 Å². The van der Waals surface area contributed by atoms with Gasteiger partial charge in [-0.3, -0.25) is 0 Å². The molecule has 1 aliphatic carbocycles. The van der Waals surface area contributed by atoms with Gasteiger partial charge >= 0.3 is 0 Å². The summed E-state index contributed by atoms with van der Waals surface area (Å²) in [5.41, 5.74) is 5.37. The van der Waals surface area contributed by atoms with Crippen LogP contribution in [0.15, 0.2) is 29.2 Å². The molecule has 5 nitrogen and oxygen atoms in total. The average Bonchev–Trinajstić information content (AvgIpc) is 2.47. The number of benzene rings is 1. The van der Waals surface area contributed by atoms with Crippen molar-refractivity contribution in [3.8, 4) is 5.75 Å². The van der Waals surface area contributed by atoms with Gasteiger partial charge in [-0.1, -0.05) is 19.8 Å². The van der Waals surface area contributed by atoms with Crippen molar-refractivity contribution < 1.29 is 13.2 Å². The van der Waals surface area contributed by atoms with Gasteiger partial charge in [0.15, 0.2) is 0 Å². The van der Waals surface area contributed by atoms with Crippen molar-refractivity contribution in [1.29, 1.82) is 0 Å². The molecule has 1 saturated carbocycles. The maximum atomic E-state index is 12.6. The molecule has 0 radical (unpaired) electrons. The van der Waals surface area contributed by atoms with Crippen LogP contribution in [0.2, 0.25) is 0 Å². The summed E-state index contributed by atoms with van der Waals surface area (Å²) in [6.45, 7) is 2.47. The number of hydrogen-bond donors (Lipinski definition) is 2. The van der Waals surface area contributed by atoms with E-state index < -0.39 is 15.6 Å². The third-order valence-corrected chi connectivity index (χ3v) is 5.80. The lowest BCUT2D eigenvalue weighted by molar-refractivity contribution is 0.223. The third-order valence-electron chi connectivity index (χ3n) is 4.20. The predicted molar refractivity (Wildman–Crippen MR) is 82.7 cm³/mol. The first-order valence-corrected chi connectivity index (χ1v) is 8.77. The quantitative estimate of drug-likeness (QED) is 0.870. The first-order valence-electron chi connectivity index (χ1n) is 7.29. The lowest BCUT2D eigenvalue weighted by Gasteiger charge is -2.39. The molecule has 0 saturated heterocycles. The van der Waals surface area contributed by atoms with E-state index in [0.717, 1.165) is 25.7 Å². The van der Waals surface area contributed by atoms with Crippen LogP contribution in [0.25, 0.3) is 0 Å². The average molecular weight is 312 g/mol. The molecule has 1 aliphatic rings. The maximum absolute atomic E-state index is 12.6. The summed E-state index contributed by atoms with van der Waals surface area (Å²) >= 11 is 0. The SMILES string of the molecule is COc1ccc(S(=O)(=O)NC2(CN)CCCC(C)C2)cc1. The highest BCUT2D eigenvalue weighted by atomic mass is 32.2. The van der Waals surface area contributed by atoms with E-state index in [2.05, 4.69) is 11.6 Å². The minimum Gasteiger partial charge on any atom is -0.497 e. The Balaban J connectivity index is 2.22. The second kappa shape index (κ2) is 6.34. The zero-order valence-electron chi connectivity index (χ0n) is 12.6. The summed E-state index contributed by atoms with van der Waals surface area (Å²) in [5.74, 6) is 1.12. The molecule has 2 unspecified atom stereocenters. The summed E-state index contributed by atoms with van der Waals surface area (Å²) in [5, 5.41) is 0. The van der Waals surface area contributed by atoms with Crippen molar-refractivity contribution in [2.45, 2.75) is 43.0 Å². The van der Waals surface area contributed by atoms with E-state index in [0.29, 0.717) is 18.2 Å². The molecule has 21 heavy (non-hydrogen) atoms. The molecule has 0 spiro atoms. The molecule has 2 atom stereocenters. The molecule has 1 fully saturated rings. The number of nitrogens with two attached hydrogens (primary N) is 1. The normalized spacial score (nSPS) is 26.5. The summed E-state index contributed by atoms with van der Waals surface area (Å²) < 4.78 is 33.0. The lowest BCUT2D eigenvalue weighted by Crippen LogP contribution is -2.55. The van der Waals surface area contributed by atoms with Crippen LogP contribution in [-0.4, -0.2) is 27.6 Å². The van der Waals surface area contributed by atoms with E-state index in [1.807, 2.05) is 0 Å². The second-order valence-corrected chi connectivity index (χ2v) is 7.65. The van der Waals surface area contributed by atoms with Gasteiger partial charge in [-0.2, -0.15) is 0 Å². The molecule has 0 aliphatic heterocycles.